The molecule has 0 saturated heterocycles. The van der Waals surface area contributed by atoms with Gasteiger partial charge in [-0.2, -0.15) is 0 Å². The number of amides is 1. The number of rotatable bonds is 3. The van der Waals surface area contributed by atoms with Crippen LogP contribution >= 0.6 is 0 Å². The highest BCUT2D eigenvalue weighted by molar-refractivity contribution is 5.68. The fraction of sp³-hybridized carbons (Fsp3) is 0.833. The zero-order valence-corrected chi connectivity index (χ0v) is 10.7. The molecule has 2 N–H and O–H groups in total. The topological polar surface area (TPSA) is 75.6 Å². The van der Waals surface area contributed by atoms with Gasteiger partial charge in [0.05, 0.1) is 0 Å². The first-order valence-corrected chi connectivity index (χ1v) is 5.97. The van der Waals surface area contributed by atoms with Gasteiger partial charge in [-0.05, 0) is 46.0 Å². The molecule has 5 nitrogen and oxygen atoms in total. The third-order valence-corrected chi connectivity index (χ3v) is 2.73. The van der Waals surface area contributed by atoms with Crippen molar-refractivity contribution in [2.75, 3.05) is 0 Å². The van der Waals surface area contributed by atoms with Gasteiger partial charge in [0, 0.05) is 12.5 Å². The fourth-order valence-electron chi connectivity index (χ4n) is 2.11. The lowest BCUT2D eigenvalue weighted by Gasteiger charge is -2.21. The number of carboxylic acid groups (broad SMARTS) is 1. The zero-order chi connectivity index (χ0) is 13.1. The van der Waals surface area contributed by atoms with Gasteiger partial charge in [0.1, 0.15) is 5.60 Å². The summed E-state index contributed by atoms with van der Waals surface area (Å²) < 4.78 is 5.15. The molecular weight excluding hydrogens is 222 g/mol. The quantitative estimate of drug-likeness (QED) is 0.796. The minimum Gasteiger partial charge on any atom is -0.481 e. The van der Waals surface area contributed by atoms with Gasteiger partial charge in [-0.1, -0.05) is 0 Å². The molecule has 0 radical (unpaired) electrons. The number of carbonyl (C=O) groups is 2. The summed E-state index contributed by atoms with van der Waals surface area (Å²) in [5.41, 5.74) is -0.497. The van der Waals surface area contributed by atoms with Crippen molar-refractivity contribution in [1.82, 2.24) is 5.32 Å². The van der Waals surface area contributed by atoms with E-state index in [0.29, 0.717) is 0 Å². The van der Waals surface area contributed by atoms with E-state index in [1.807, 2.05) is 20.8 Å². The molecule has 2 atom stereocenters. The van der Waals surface area contributed by atoms with E-state index in [2.05, 4.69) is 5.32 Å². The molecule has 0 aliphatic heterocycles. The number of hydrogen-bond acceptors (Lipinski definition) is 3. The molecular formula is C12H21NO4. The van der Waals surface area contributed by atoms with Crippen LogP contribution in [0.15, 0.2) is 0 Å². The van der Waals surface area contributed by atoms with Crippen molar-refractivity contribution in [2.45, 2.75) is 58.1 Å². The number of alkyl carbamates (subject to hydrolysis) is 1. The van der Waals surface area contributed by atoms with Gasteiger partial charge >= 0.3 is 12.1 Å². The lowest BCUT2D eigenvalue weighted by atomic mass is 10.0. The standard InChI is InChI=1S/C12H21NO4/c1-12(2,3)17-11(16)13-9-5-4-8(6-9)7-10(14)15/h8-9H,4-7H2,1-3H3,(H,13,16)(H,14,15)/t8-,9-/m1/s1. The molecule has 1 fully saturated rings. The molecule has 0 aromatic heterocycles. The van der Waals surface area contributed by atoms with Crippen molar-refractivity contribution in [2.24, 2.45) is 5.92 Å². The van der Waals surface area contributed by atoms with Crippen molar-refractivity contribution >= 4 is 12.1 Å². The average Bonchev–Trinajstić information content (AvgIpc) is 2.46. The molecule has 1 amide bonds. The Labute approximate surface area is 102 Å². The van der Waals surface area contributed by atoms with E-state index in [1.54, 1.807) is 0 Å². The number of ether oxygens (including phenoxy) is 1. The van der Waals surface area contributed by atoms with Crippen LogP contribution in [0.25, 0.3) is 0 Å². The van der Waals surface area contributed by atoms with Gasteiger partial charge in [-0.25, -0.2) is 4.79 Å². The van der Waals surface area contributed by atoms with Crippen LogP contribution in [0.1, 0.15) is 46.5 Å². The summed E-state index contributed by atoms with van der Waals surface area (Å²) >= 11 is 0. The lowest BCUT2D eigenvalue weighted by Crippen LogP contribution is -2.38. The number of carbonyl (C=O) groups excluding carboxylic acids is 1. The summed E-state index contributed by atoms with van der Waals surface area (Å²) in [5.74, 6) is -0.597. The molecule has 0 unspecified atom stereocenters. The van der Waals surface area contributed by atoms with Gasteiger partial charge in [0.2, 0.25) is 0 Å². The Morgan fingerprint density at radius 1 is 1.35 bits per heavy atom. The van der Waals surface area contributed by atoms with E-state index in [1.165, 1.54) is 0 Å². The maximum Gasteiger partial charge on any atom is 0.407 e. The predicted molar refractivity (Wildman–Crippen MR) is 62.8 cm³/mol. The van der Waals surface area contributed by atoms with E-state index in [4.69, 9.17) is 9.84 Å². The van der Waals surface area contributed by atoms with Crippen LogP contribution in [0, 0.1) is 5.92 Å². The highest BCUT2D eigenvalue weighted by atomic mass is 16.6. The number of nitrogens with one attached hydrogen (secondary N) is 1. The average molecular weight is 243 g/mol. The Morgan fingerprint density at radius 3 is 2.53 bits per heavy atom. The molecule has 0 bridgehead atoms. The molecule has 1 aliphatic carbocycles. The Hall–Kier alpha value is -1.26. The maximum atomic E-state index is 11.5. The molecule has 1 rings (SSSR count). The maximum absolute atomic E-state index is 11.5. The van der Waals surface area contributed by atoms with Crippen LogP contribution in [-0.2, 0) is 9.53 Å². The number of carboxylic acids is 1. The van der Waals surface area contributed by atoms with Gasteiger partial charge in [0.15, 0.2) is 0 Å². The van der Waals surface area contributed by atoms with Crippen LogP contribution in [0.5, 0.6) is 0 Å². The Morgan fingerprint density at radius 2 is 2.00 bits per heavy atom. The third kappa shape index (κ3) is 5.56. The summed E-state index contributed by atoms with van der Waals surface area (Å²) in [6, 6.07) is 0.0502. The Kier molecular flexibility index (Phi) is 4.37. The lowest BCUT2D eigenvalue weighted by molar-refractivity contribution is -0.138. The van der Waals surface area contributed by atoms with Gasteiger partial charge in [0.25, 0.3) is 0 Å². The van der Waals surface area contributed by atoms with Crippen LogP contribution < -0.4 is 5.32 Å². The molecule has 0 heterocycles. The van der Waals surface area contributed by atoms with Crippen LogP contribution in [0.4, 0.5) is 4.79 Å². The zero-order valence-electron chi connectivity index (χ0n) is 10.7. The normalized spacial score (nSPS) is 24.4. The van der Waals surface area contributed by atoms with E-state index in [-0.39, 0.29) is 18.4 Å². The summed E-state index contributed by atoms with van der Waals surface area (Å²) in [7, 11) is 0. The second-order valence-corrected chi connectivity index (χ2v) is 5.62. The van der Waals surface area contributed by atoms with Crippen molar-refractivity contribution in [1.29, 1.82) is 0 Å². The first kappa shape index (κ1) is 13.8. The highest BCUT2D eigenvalue weighted by Crippen LogP contribution is 2.28. The van der Waals surface area contributed by atoms with E-state index in [9.17, 15) is 9.59 Å². The first-order chi connectivity index (χ1) is 7.76. The second kappa shape index (κ2) is 5.38. The summed E-state index contributed by atoms with van der Waals surface area (Å²) in [4.78, 5) is 22.1. The number of hydrogen-bond donors (Lipinski definition) is 2. The molecule has 17 heavy (non-hydrogen) atoms. The Balaban J connectivity index is 2.30. The smallest absolute Gasteiger partial charge is 0.407 e. The SMILES string of the molecule is CC(C)(C)OC(=O)N[C@@H]1CC[C@@H](CC(=O)O)C1. The highest BCUT2D eigenvalue weighted by Gasteiger charge is 2.28. The van der Waals surface area contributed by atoms with Crippen molar-refractivity contribution in [3.05, 3.63) is 0 Å². The largest absolute Gasteiger partial charge is 0.481 e. The molecule has 1 aliphatic rings. The second-order valence-electron chi connectivity index (χ2n) is 5.62. The van der Waals surface area contributed by atoms with Gasteiger partial charge in [-0.15, -0.1) is 0 Å². The Bertz CT molecular complexity index is 295. The molecule has 0 aromatic rings. The molecule has 0 spiro atoms. The van der Waals surface area contributed by atoms with Crippen LogP contribution in [0.3, 0.4) is 0 Å². The van der Waals surface area contributed by atoms with Crippen molar-refractivity contribution in [3.63, 3.8) is 0 Å². The van der Waals surface area contributed by atoms with Crippen LogP contribution in [0.2, 0.25) is 0 Å². The van der Waals surface area contributed by atoms with E-state index >= 15 is 0 Å². The molecule has 98 valence electrons. The summed E-state index contributed by atoms with van der Waals surface area (Å²) in [5, 5.41) is 11.5. The van der Waals surface area contributed by atoms with E-state index < -0.39 is 17.7 Å². The van der Waals surface area contributed by atoms with E-state index in [0.717, 1.165) is 19.3 Å². The first-order valence-electron chi connectivity index (χ1n) is 5.97. The fourth-order valence-corrected chi connectivity index (χ4v) is 2.11. The minimum atomic E-state index is -0.770. The predicted octanol–water partition coefficient (Wildman–Crippen LogP) is 2.15. The monoisotopic (exact) mass is 243 g/mol. The van der Waals surface area contributed by atoms with Gasteiger partial charge < -0.3 is 15.2 Å². The minimum absolute atomic E-state index is 0.0502. The van der Waals surface area contributed by atoms with Crippen LogP contribution in [-0.4, -0.2) is 28.8 Å². The molecule has 1 saturated carbocycles. The molecule has 0 aromatic carbocycles. The molecule has 5 heteroatoms. The van der Waals surface area contributed by atoms with Gasteiger partial charge in [-0.3, -0.25) is 4.79 Å². The summed E-state index contributed by atoms with van der Waals surface area (Å²) in [6.45, 7) is 5.44. The number of aliphatic carboxylic acids is 1. The van der Waals surface area contributed by atoms with Crippen molar-refractivity contribution < 1.29 is 19.4 Å². The van der Waals surface area contributed by atoms with Crippen molar-refractivity contribution in [3.8, 4) is 0 Å². The third-order valence-electron chi connectivity index (χ3n) is 2.73. The summed E-state index contributed by atoms with van der Waals surface area (Å²) in [6.07, 6.45) is 2.18.